The largest absolute Gasteiger partial charge is 0.772 e. The molecule has 82 valence electrons. The van der Waals surface area contributed by atoms with Crippen molar-refractivity contribution in [2.45, 2.75) is 5.75 Å². The zero-order valence-corrected chi connectivity index (χ0v) is 9.44. The normalized spacial score (nSPS) is 12.3. The molecule has 0 spiro atoms. The third-order valence-electron chi connectivity index (χ3n) is 2.35. The summed E-state index contributed by atoms with van der Waals surface area (Å²) < 4.78 is 21.0. The molecule has 0 aliphatic rings. The predicted octanol–water partition coefficient (Wildman–Crippen LogP) is 2.73. The lowest BCUT2D eigenvalue weighted by atomic mass is 10.0. The van der Waals surface area contributed by atoms with Gasteiger partial charge in [0.2, 0.25) is 0 Å². The molecule has 0 fully saturated rings. The minimum absolute atomic E-state index is 0.0784. The van der Waals surface area contributed by atoms with Gasteiger partial charge in [0.05, 0.1) is 0 Å². The standard InChI is InChI=1S/C13H12O2S/c14-16(15)10-11-6-8-13(9-7-11)12-4-2-1-3-5-12/h1-9H,10H2,(H,14,15)/p-1. The van der Waals surface area contributed by atoms with Crippen molar-refractivity contribution in [3.8, 4) is 11.1 Å². The Bertz CT molecular complexity index is 477. The van der Waals surface area contributed by atoms with Gasteiger partial charge >= 0.3 is 0 Å². The molecule has 0 aromatic heterocycles. The van der Waals surface area contributed by atoms with Gasteiger partial charge < -0.3 is 4.55 Å². The van der Waals surface area contributed by atoms with Gasteiger partial charge in [-0.3, -0.25) is 4.21 Å². The van der Waals surface area contributed by atoms with Crippen LogP contribution in [0.3, 0.4) is 0 Å². The van der Waals surface area contributed by atoms with Crippen LogP contribution in [0, 0.1) is 0 Å². The quantitative estimate of drug-likeness (QED) is 0.762. The summed E-state index contributed by atoms with van der Waals surface area (Å²) in [7, 11) is 0. The summed E-state index contributed by atoms with van der Waals surface area (Å²) in [6.45, 7) is 0. The molecule has 2 rings (SSSR count). The average molecular weight is 231 g/mol. The minimum atomic E-state index is -2.02. The van der Waals surface area contributed by atoms with Gasteiger partial charge in [-0.1, -0.05) is 65.7 Å². The maximum absolute atomic E-state index is 10.5. The highest BCUT2D eigenvalue weighted by Gasteiger charge is 1.97. The zero-order valence-electron chi connectivity index (χ0n) is 8.63. The van der Waals surface area contributed by atoms with E-state index in [1.807, 2.05) is 54.6 Å². The molecule has 0 heterocycles. The van der Waals surface area contributed by atoms with Gasteiger partial charge in [0.25, 0.3) is 0 Å². The second-order valence-electron chi connectivity index (χ2n) is 3.51. The molecule has 1 unspecified atom stereocenters. The van der Waals surface area contributed by atoms with E-state index in [1.165, 1.54) is 0 Å². The van der Waals surface area contributed by atoms with Crippen LogP contribution in [0.25, 0.3) is 11.1 Å². The highest BCUT2D eigenvalue weighted by molar-refractivity contribution is 7.78. The smallest absolute Gasteiger partial charge is 0.0353 e. The molecule has 2 aromatic rings. The van der Waals surface area contributed by atoms with Gasteiger partial charge in [-0.25, -0.2) is 0 Å². The summed E-state index contributed by atoms with van der Waals surface area (Å²) in [5.41, 5.74) is 3.05. The Morgan fingerprint density at radius 2 is 1.44 bits per heavy atom. The maximum atomic E-state index is 10.5. The van der Waals surface area contributed by atoms with E-state index in [0.717, 1.165) is 16.7 Å². The van der Waals surface area contributed by atoms with E-state index in [-0.39, 0.29) is 5.75 Å². The second-order valence-corrected chi connectivity index (χ2v) is 4.41. The second kappa shape index (κ2) is 5.05. The molecule has 0 aliphatic carbocycles. The van der Waals surface area contributed by atoms with Crippen LogP contribution in [0.5, 0.6) is 0 Å². The highest BCUT2D eigenvalue weighted by Crippen LogP contribution is 2.19. The van der Waals surface area contributed by atoms with Crippen molar-refractivity contribution in [2.24, 2.45) is 0 Å². The first-order valence-electron chi connectivity index (χ1n) is 4.96. The number of hydrogen-bond donors (Lipinski definition) is 0. The van der Waals surface area contributed by atoms with Crippen molar-refractivity contribution in [1.82, 2.24) is 0 Å². The Hall–Kier alpha value is -1.45. The van der Waals surface area contributed by atoms with Crippen LogP contribution >= 0.6 is 0 Å². The van der Waals surface area contributed by atoms with E-state index >= 15 is 0 Å². The van der Waals surface area contributed by atoms with Gasteiger partial charge in [0.1, 0.15) is 0 Å². The van der Waals surface area contributed by atoms with Gasteiger partial charge in [-0.2, -0.15) is 0 Å². The highest BCUT2D eigenvalue weighted by atomic mass is 32.2. The Labute approximate surface area is 97.2 Å². The van der Waals surface area contributed by atoms with Crippen molar-refractivity contribution in [3.63, 3.8) is 0 Å². The predicted molar refractivity (Wildman–Crippen MR) is 64.5 cm³/mol. The van der Waals surface area contributed by atoms with Crippen molar-refractivity contribution >= 4 is 11.1 Å². The lowest BCUT2D eigenvalue weighted by molar-refractivity contribution is 0.536. The van der Waals surface area contributed by atoms with E-state index in [4.69, 9.17) is 0 Å². The number of rotatable bonds is 3. The van der Waals surface area contributed by atoms with E-state index in [2.05, 4.69) is 0 Å². The topological polar surface area (TPSA) is 40.1 Å². The molecule has 0 amide bonds. The van der Waals surface area contributed by atoms with Crippen LogP contribution in [0.1, 0.15) is 5.56 Å². The van der Waals surface area contributed by atoms with Crippen LogP contribution in [0.15, 0.2) is 54.6 Å². The molecule has 3 heteroatoms. The summed E-state index contributed by atoms with van der Waals surface area (Å²) in [6.07, 6.45) is 0. The van der Waals surface area contributed by atoms with Crippen molar-refractivity contribution in [2.75, 3.05) is 0 Å². The first-order valence-corrected chi connectivity index (χ1v) is 6.20. The molecule has 2 nitrogen and oxygen atoms in total. The Balaban J connectivity index is 2.23. The third kappa shape index (κ3) is 2.78. The minimum Gasteiger partial charge on any atom is -0.772 e. The Kier molecular flexibility index (Phi) is 3.49. The maximum Gasteiger partial charge on any atom is 0.0353 e. The van der Waals surface area contributed by atoms with E-state index in [1.54, 1.807) is 0 Å². The van der Waals surface area contributed by atoms with Crippen molar-refractivity contribution < 1.29 is 8.76 Å². The lowest BCUT2D eigenvalue weighted by Gasteiger charge is -2.06. The fraction of sp³-hybridized carbons (Fsp3) is 0.0769. The van der Waals surface area contributed by atoms with E-state index < -0.39 is 11.1 Å². The van der Waals surface area contributed by atoms with Crippen LogP contribution in [-0.4, -0.2) is 8.76 Å². The first kappa shape index (κ1) is 11.0. The monoisotopic (exact) mass is 231 g/mol. The summed E-state index contributed by atoms with van der Waals surface area (Å²) in [6, 6.07) is 17.6. The lowest BCUT2D eigenvalue weighted by Crippen LogP contribution is -1.92. The van der Waals surface area contributed by atoms with E-state index in [0.29, 0.717) is 0 Å². The van der Waals surface area contributed by atoms with Crippen LogP contribution < -0.4 is 0 Å². The van der Waals surface area contributed by atoms with Crippen LogP contribution in [0.4, 0.5) is 0 Å². The fourth-order valence-corrected chi connectivity index (χ4v) is 2.02. The molecule has 0 bridgehead atoms. The molecule has 0 radical (unpaired) electrons. The molecule has 1 atom stereocenters. The van der Waals surface area contributed by atoms with Crippen LogP contribution in [0.2, 0.25) is 0 Å². The molecular formula is C13H11O2S-. The Morgan fingerprint density at radius 1 is 0.875 bits per heavy atom. The van der Waals surface area contributed by atoms with Crippen molar-refractivity contribution in [1.29, 1.82) is 0 Å². The van der Waals surface area contributed by atoms with Gasteiger partial charge in [-0.15, -0.1) is 0 Å². The molecule has 0 saturated heterocycles. The fourth-order valence-electron chi connectivity index (χ4n) is 1.56. The molecule has 2 aromatic carbocycles. The first-order chi connectivity index (χ1) is 7.75. The summed E-state index contributed by atoms with van der Waals surface area (Å²) in [5, 5.41) is 0. The third-order valence-corrected chi connectivity index (χ3v) is 2.91. The van der Waals surface area contributed by atoms with E-state index in [9.17, 15) is 8.76 Å². The molecule has 0 N–H and O–H groups in total. The molecular weight excluding hydrogens is 220 g/mol. The summed E-state index contributed by atoms with van der Waals surface area (Å²) in [5.74, 6) is 0.0784. The number of benzene rings is 2. The summed E-state index contributed by atoms with van der Waals surface area (Å²) in [4.78, 5) is 0. The molecule has 0 aliphatic heterocycles. The zero-order chi connectivity index (χ0) is 11.4. The Morgan fingerprint density at radius 3 is 2.00 bits per heavy atom. The molecule has 0 saturated carbocycles. The van der Waals surface area contributed by atoms with Crippen molar-refractivity contribution in [3.05, 3.63) is 60.2 Å². The van der Waals surface area contributed by atoms with Gasteiger partial charge in [0.15, 0.2) is 0 Å². The molecule has 16 heavy (non-hydrogen) atoms. The van der Waals surface area contributed by atoms with Gasteiger partial charge in [0, 0.05) is 5.75 Å². The average Bonchev–Trinajstić information content (AvgIpc) is 2.30. The SMILES string of the molecule is O=S([O-])Cc1ccc(-c2ccccc2)cc1. The summed E-state index contributed by atoms with van der Waals surface area (Å²) >= 11 is -2.02. The van der Waals surface area contributed by atoms with Crippen LogP contribution in [-0.2, 0) is 16.8 Å². The van der Waals surface area contributed by atoms with Gasteiger partial charge in [-0.05, 0) is 16.7 Å². The number of hydrogen-bond acceptors (Lipinski definition) is 2.